The van der Waals surface area contributed by atoms with E-state index >= 15 is 0 Å². The van der Waals surface area contributed by atoms with Crippen molar-refractivity contribution in [3.05, 3.63) is 119 Å². The van der Waals surface area contributed by atoms with E-state index in [2.05, 4.69) is 75.6 Å². The van der Waals surface area contributed by atoms with Gasteiger partial charge < -0.3 is 29.9 Å². The number of nitrogens with two attached hydrogens (primary N) is 1. The molecule has 2 amide bonds. The number of hydrogen-bond donors (Lipinski definition) is 2. The molecule has 0 aromatic heterocycles. The third kappa shape index (κ3) is 7.46. The molecule has 1 aliphatic carbocycles. The van der Waals surface area contributed by atoms with Crippen LogP contribution in [0.25, 0.3) is 11.1 Å². The maximum atomic E-state index is 14.2. The van der Waals surface area contributed by atoms with Gasteiger partial charge in [-0.1, -0.05) is 106 Å². The fourth-order valence-electron chi connectivity index (χ4n) is 8.33. The summed E-state index contributed by atoms with van der Waals surface area (Å²) in [4.78, 5) is 29.4. The van der Waals surface area contributed by atoms with Gasteiger partial charge in [-0.15, -0.1) is 0 Å². The molecule has 3 aliphatic rings. The number of ether oxygens (including phenoxy) is 2. The van der Waals surface area contributed by atoms with E-state index in [1.165, 1.54) is 11.1 Å². The van der Waals surface area contributed by atoms with Gasteiger partial charge in [-0.05, 0) is 78.2 Å². The molecule has 284 valence electrons. The summed E-state index contributed by atoms with van der Waals surface area (Å²) < 4.78 is 18.9. The van der Waals surface area contributed by atoms with E-state index in [0.717, 1.165) is 53.0 Å². The first-order valence-corrected chi connectivity index (χ1v) is 22.4. The highest BCUT2D eigenvalue weighted by atomic mass is 28.4. The van der Waals surface area contributed by atoms with Gasteiger partial charge in [0.1, 0.15) is 18.1 Å². The zero-order chi connectivity index (χ0) is 38.1. The summed E-state index contributed by atoms with van der Waals surface area (Å²) in [7, 11) is -1.86. The highest BCUT2D eigenvalue weighted by molar-refractivity contribution is 6.74. The fourth-order valence-corrected chi connectivity index (χ4v) is 9.42. The van der Waals surface area contributed by atoms with Crippen LogP contribution in [0.2, 0.25) is 18.1 Å². The molecule has 0 bridgehead atoms. The van der Waals surface area contributed by atoms with Crippen LogP contribution in [0, 0.1) is 5.92 Å². The van der Waals surface area contributed by atoms with E-state index in [1.54, 1.807) is 4.90 Å². The van der Waals surface area contributed by atoms with Crippen molar-refractivity contribution in [2.75, 3.05) is 32.8 Å². The Balaban J connectivity index is 1.04. The third-order valence-electron chi connectivity index (χ3n) is 12.3. The molecular weight excluding hydrogens is 691 g/mol. The van der Waals surface area contributed by atoms with Gasteiger partial charge in [-0.3, -0.25) is 4.79 Å². The number of amides is 2. The smallest absolute Gasteiger partial charge is 0.409 e. The molecular formula is C45H55N3O5Si. The molecule has 2 aliphatic heterocycles. The zero-order valence-electron chi connectivity index (χ0n) is 32.4. The van der Waals surface area contributed by atoms with Gasteiger partial charge >= 0.3 is 6.09 Å². The Bertz CT molecular complexity index is 1900. The van der Waals surface area contributed by atoms with E-state index in [1.807, 2.05) is 60.7 Å². The topological polar surface area (TPSA) is 103 Å². The molecule has 7 rings (SSSR count). The average Bonchev–Trinajstić information content (AvgIpc) is 3.48. The number of carbonyl (C=O) groups is 2. The monoisotopic (exact) mass is 745 g/mol. The van der Waals surface area contributed by atoms with Crippen LogP contribution < -0.4 is 15.8 Å². The Kier molecular flexibility index (Phi) is 10.8. The summed E-state index contributed by atoms with van der Waals surface area (Å²) in [6.07, 6.45) is 2.69. The van der Waals surface area contributed by atoms with Gasteiger partial charge in [0.25, 0.3) is 0 Å². The molecule has 1 saturated heterocycles. The van der Waals surface area contributed by atoms with Gasteiger partial charge in [0.15, 0.2) is 8.32 Å². The summed E-state index contributed by atoms with van der Waals surface area (Å²) >= 11 is 0. The number of para-hydroxylation sites is 2. The van der Waals surface area contributed by atoms with Crippen molar-refractivity contribution in [1.29, 1.82) is 0 Å². The second kappa shape index (κ2) is 15.4. The number of hydrogen-bond acceptors (Lipinski definition) is 6. The average molecular weight is 746 g/mol. The standard InChI is InChI=1S/C45H55N3O5Si/c1-44(2,3)54(4,5)52-25-15-14-24-45(38-20-10-12-22-40(38)53-41-23-13-11-21-39(41)45)30-47-42(49)31-26-32(46)28-48(27-31)43(50)51-29-37-35-18-8-6-16-33(35)34-17-7-9-19-36(34)37/h6-13,16-23,31-32,37H,14-15,24-30,46H2,1-5H3,(H,47,49)/t31-,32+/m0/s1. The molecule has 4 aromatic carbocycles. The van der Waals surface area contributed by atoms with Crippen molar-refractivity contribution < 1.29 is 23.5 Å². The Hall–Kier alpha value is -4.44. The Morgan fingerprint density at radius 1 is 0.852 bits per heavy atom. The number of nitrogens with zero attached hydrogens (tertiary/aromatic N) is 1. The normalized spacial score (nSPS) is 18.8. The van der Waals surface area contributed by atoms with Crippen LogP contribution in [0.15, 0.2) is 97.1 Å². The van der Waals surface area contributed by atoms with Crippen molar-refractivity contribution >= 4 is 20.3 Å². The van der Waals surface area contributed by atoms with Crippen LogP contribution in [0.1, 0.15) is 74.6 Å². The molecule has 0 spiro atoms. The quantitative estimate of drug-likeness (QED) is 0.117. The van der Waals surface area contributed by atoms with Crippen molar-refractivity contribution in [2.45, 2.75) is 82.0 Å². The maximum absolute atomic E-state index is 14.2. The lowest BCUT2D eigenvalue weighted by Crippen LogP contribution is -2.54. The van der Waals surface area contributed by atoms with E-state index in [4.69, 9.17) is 19.6 Å². The minimum absolute atomic E-state index is 0.0426. The summed E-state index contributed by atoms with van der Waals surface area (Å²) in [6.45, 7) is 13.3. The van der Waals surface area contributed by atoms with Gasteiger partial charge in [-0.25, -0.2) is 4.79 Å². The van der Waals surface area contributed by atoms with Crippen molar-refractivity contribution in [3.63, 3.8) is 0 Å². The summed E-state index contributed by atoms with van der Waals surface area (Å²) in [5, 5.41) is 3.51. The summed E-state index contributed by atoms with van der Waals surface area (Å²) in [5.41, 5.74) is 12.8. The van der Waals surface area contributed by atoms with E-state index in [-0.39, 0.29) is 36.1 Å². The van der Waals surface area contributed by atoms with Crippen molar-refractivity contribution in [1.82, 2.24) is 10.2 Å². The third-order valence-corrected chi connectivity index (χ3v) is 16.8. The van der Waals surface area contributed by atoms with E-state index in [9.17, 15) is 9.59 Å². The number of likely N-dealkylation sites (tertiary alicyclic amines) is 1. The first-order valence-electron chi connectivity index (χ1n) is 19.5. The van der Waals surface area contributed by atoms with Crippen LogP contribution in [-0.4, -0.2) is 64.1 Å². The SMILES string of the molecule is CC(C)(C)[Si](C)(C)OCCCCC1(CNC(=O)[C@H]2C[C@@H](N)CN(C(=O)OCC3c4ccccc4-c4ccccc43)C2)c2ccccc2Oc2ccccc21. The molecule has 3 N–H and O–H groups in total. The first-order chi connectivity index (χ1) is 25.9. The highest BCUT2D eigenvalue weighted by Gasteiger charge is 2.43. The molecule has 1 fully saturated rings. The molecule has 0 unspecified atom stereocenters. The number of unbranched alkanes of at least 4 members (excludes halogenated alkanes) is 1. The van der Waals surface area contributed by atoms with Gasteiger partial charge in [-0.2, -0.15) is 0 Å². The van der Waals surface area contributed by atoms with Crippen LogP contribution in [-0.2, 0) is 19.4 Å². The summed E-state index contributed by atoms with van der Waals surface area (Å²) in [5.74, 6) is 1.01. The van der Waals surface area contributed by atoms with Crippen LogP contribution in [0.3, 0.4) is 0 Å². The lowest BCUT2D eigenvalue weighted by Gasteiger charge is -2.41. The van der Waals surface area contributed by atoms with Gasteiger partial charge in [0.2, 0.25) is 5.91 Å². The number of fused-ring (bicyclic) bond motifs is 5. The molecule has 2 heterocycles. The van der Waals surface area contributed by atoms with Crippen LogP contribution in [0.4, 0.5) is 4.79 Å². The van der Waals surface area contributed by atoms with Gasteiger partial charge in [0, 0.05) is 54.7 Å². The Labute approximate surface area is 321 Å². The first kappa shape index (κ1) is 37.9. The van der Waals surface area contributed by atoms with Crippen molar-refractivity contribution in [3.8, 4) is 22.6 Å². The second-order valence-electron chi connectivity index (χ2n) is 16.9. The lowest BCUT2D eigenvalue weighted by molar-refractivity contribution is -0.126. The number of carbonyl (C=O) groups excluding carboxylic acids is 2. The van der Waals surface area contributed by atoms with E-state index in [0.29, 0.717) is 26.1 Å². The fraction of sp³-hybridized carbons (Fsp3) is 0.422. The zero-order valence-corrected chi connectivity index (χ0v) is 33.4. The number of piperidine rings is 1. The molecule has 8 nitrogen and oxygen atoms in total. The molecule has 2 atom stereocenters. The maximum Gasteiger partial charge on any atom is 0.409 e. The van der Waals surface area contributed by atoms with Crippen molar-refractivity contribution in [2.24, 2.45) is 11.7 Å². The number of benzene rings is 4. The van der Waals surface area contributed by atoms with E-state index < -0.39 is 25.7 Å². The number of rotatable bonds is 11. The molecule has 0 radical (unpaired) electrons. The van der Waals surface area contributed by atoms with Gasteiger partial charge in [0.05, 0.1) is 5.92 Å². The predicted molar refractivity (Wildman–Crippen MR) is 216 cm³/mol. The minimum atomic E-state index is -1.86. The predicted octanol–water partition coefficient (Wildman–Crippen LogP) is 8.99. The minimum Gasteiger partial charge on any atom is -0.457 e. The second-order valence-corrected chi connectivity index (χ2v) is 21.7. The molecule has 54 heavy (non-hydrogen) atoms. The molecule has 0 saturated carbocycles. The molecule has 9 heteroatoms. The molecule has 4 aromatic rings. The van der Waals surface area contributed by atoms with Crippen LogP contribution in [0.5, 0.6) is 11.5 Å². The number of nitrogens with one attached hydrogen (secondary N) is 1. The Morgan fingerprint density at radius 3 is 2.04 bits per heavy atom. The lowest BCUT2D eigenvalue weighted by atomic mass is 9.69. The largest absolute Gasteiger partial charge is 0.457 e. The van der Waals surface area contributed by atoms with Crippen LogP contribution >= 0.6 is 0 Å². The highest BCUT2D eigenvalue weighted by Crippen LogP contribution is 2.50. The summed E-state index contributed by atoms with van der Waals surface area (Å²) in [6, 6.07) is 32.6. The Morgan fingerprint density at radius 2 is 1.43 bits per heavy atom.